The lowest BCUT2D eigenvalue weighted by Gasteiger charge is -2.23. The number of carbonyl (C=O) groups excluding carboxylic acids is 1. The van der Waals surface area contributed by atoms with E-state index in [2.05, 4.69) is 18.2 Å². The second-order valence-electron chi connectivity index (χ2n) is 3.81. The topological polar surface area (TPSA) is 17.1 Å². The number of rotatable bonds is 1. The third-order valence-corrected chi connectivity index (χ3v) is 3.00. The summed E-state index contributed by atoms with van der Waals surface area (Å²) >= 11 is 0. The molecule has 0 spiro atoms. The minimum absolute atomic E-state index is 0.264. The lowest BCUT2D eigenvalue weighted by atomic mass is 9.81. The Balaban J connectivity index is 2.11. The Morgan fingerprint density at radius 3 is 3.08 bits per heavy atom. The van der Waals surface area contributed by atoms with Gasteiger partial charge in [0.05, 0.1) is 0 Å². The smallest absolute Gasteiger partial charge is 0.155 e. The van der Waals surface area contributed by atoms with Gasteiger partial charge < -0.3 is 0 Å². The molecule has 2 aliphatic rings. The van der Waals surface area contributed by atoms with Gasteiger partial charge in [-0.3, -0.25) is 4.79 Å². The van der Waals surface area contributed by atoms with Crippen molar-refractivity contribution in [1.82, 2.24) is 0 Å². The highest BCUT2D eigenvalue weighted by molar-refractivity contribution is 5.93. The lowest BCUT2D eigenvalue weighted by molar-refractivity contribution is -0.114. The largest absolute Gasteiger partial charge is 0.295 e. The first-order valence-electron chi connectivity index (χ1n) is 4.64. The second-order valence-corrected chi connectivity index (χ2v) is 3.81. The van der Waals surface area contributed by atoms with Crippen LogP contribution in [0.4, 0.5) is 0 Å². The summed E-state index contributed by atoms with van der Waals surface area (Å²) in [5, 5.41) is 0. The Kier molecular flexibility index (Phi) is 1.87. The molecule has 0 aromatic rings. The second kappa shape index (κ2) is 2.89. The number of carbonyl (C=O) groups is 1. The molecule has 0 saturated carbocycles. The maximum absolute atomic E-state index is 11.1. The summed E-state index contributed by atoms with van der Waals surface area (Å²) in [7, 11) is 0. The Morgan fingerprint density at radius 1 is 1.50 bits per heavy atom. The quantitative estimate of drug-likeness (QED) is 0.541. The zero-order valence-electron chi connectivity index (χ0n) is 7.42. The molecule has 1 nitrogen and oxygen atoms in total. The molecule has 12 heavy (non-hydrogen) atoms. The average molecular weight is 162 g/mol. The Labute approximate surface area is 73.2 Å². The monoisotopic (exact) mass is 162 g/mol. The molecular formula is C11H14O. The fourth-order valence-corrected chi connectivity index (χ4v) is 2.20. The van der Waals surface area contributed by atoms with E-state index in [1.165, 1.54) is 6.42 Å². The van der Waals surface area contributed by atoms with Crippen LogP contribution in [0.15, 0.2) is 23.8 Å². The Bertz CT molecular complexity index is 260. The number of hydrogen-bond donors (Lipinski definition) is 0. The molecule has 0 saturated heterocycles. The van der Waals surface area contributed by atoms with Crippen LogP contribution in [0.5, 0.6) is 0 Å². The minimum Gasteiger partial charge on any atom is -0.295 e. The van der Waals surface area contributed by atoms with Gasteiger partial charge in [0.1, 0.15) is 0 Å². The standard InChI is InChI=1S/C11H14O/c1-8(12)10-6-5-9-3-2-4-11(9)7-10/h2-3,6,9,11H,4-5,7H2,1H3. The van der Waals surface area contributed by atoms with E-state index < -0.39 is 0 Å². The highest BCUT2D eigenvalue weighted by atomic mass is 16.1. The van der Waals surface area contributed by atoms with Crippen LogP contribution in [-0.2, 0) is 4.79 Å². The maximum Gasteiger partial charge on any atom is 0.155 e. The van der Waals surface area contributed by atoms with E-state index in [-0.39, 0.29) is 5.78 Å². The van der Waals surface area contributed by atoms with Gasteiger partial charge in [-0.15, -0.1) is 0 Å². The average Bonchev–Trinajstić information content (AvgIpc) is 2.49. The van der Waals surface area contributed by atoms with E-state index in [1.54, 1.807) is 6.92 Å². The van der Waals surface area contributed by atoms with Crippen LogP contribution in [0.1, 0.15) is 26.2 Å². The molecule has 0 amide bonds. The lowest BCUT2D eigenvalue weighted by Crippen LogP contribution is -2.16. The molecule has 0 aliphatic heterocycles. The molecule has 0 aromatic heterocycles. The molecule has 0 aromatic carbocycles. The minimum atomic E-state index is 0.264. The van der Waals surface area contributed by atoms with Crippen LogP contribution in [0, 0.1) is 11.8 Å². The molecule has 0 bridgehead atoms. The summed E-state index contributed by atoms with van der Waals surface area (Å²) in [5.41, 5.74) is 1.06. The first-order valence-corrected chi connectivity index (χ1v) is 4.64. The third kappa shape index (κ3) is 1.24. The fourth-order valence-electron chi connectivity index (χ4n) is 2.20. The molecule has 0 heterocycles. The van der Waals surface area contributed by atoms with E-state index in [1.807, 2.05) is 0 Å². The summed E-state index contributed by atoms with van der Waals surface area (Å²) in [6, 6.07) is 0. The van der Waals surface area contributed by atoms with Crippen molar-refractivity contribution < 1.29 is 4.79 Å². The van der Waals surface area contributed by atoms with Gasteiger partial charge in [-0.25, -0.2) is 0 Å². The summed E-state index contributed by atoms with van der Waals surface area (Å²) in [4.78, 5) is 11.1. The van der Waals surface area contributed by atoms with Gasteiger partial charge in [0, 0.05) is 0 Å². The predicted molar refractivity (Wildman–Crippen MR) is 48.7 cm³/mol. The highest BCUT2D eigenvalue weighted by Gasteiger charge is 2.27. The summed E-state index contributed by atoms with van der Waals surface area (Å²) in [6.45, 7) is 1.68. The van der Waals surface area contributed by atoms with Crippen LogP contribution in [-0.4, -0.2) is 5.78 Å². The van der Waals surface area contributed by atoms with E-state index in [0.717, 1.165) is 30.3 Å². The van der Waals surface area contributed by atoms with Crippen molar-refractivity contribution in [3.63, 3.8) is 0 Å². The highest BCUT2D eigenvalue weighted by Crippen LogP contribution is 2.37. The third-order valence-electron chi connectivity index (χ3n) is 3.00. The van der Waals surface area contributed by atoms with Crippen molar-refractivity contribution in [3.05, 3.63) is 23.8 Å². The van der Waals surface area contributed by atoms with Gasteiger partial charge in [0.15, 0.2) is 5.78 Å². The summed E-state index contributed by atoms with van der Waals surface area (Å²) in [6.07, 6.45) is 9.95. The van der Waals surface area contributed by atoms with Crippen LogP contribution < -0.4 is 0 Å². The van der Waals surface area contributed by atoms with Crippen LogP contribution in [0.3, 0.4) is 0 Å². The number of fused-ring (bicyclic) bond motifs is 1. The molecule has 0 N–H and O–H groups in total. The summed E-state index contributed by atoms with van der Waals surface area (Å²) in [5.74, 6) is 1.72. The Morgan fingerprint density at radius 2 is 2.33 bits per heavy atom. The first-order chi connectivity index (χ1) is 5.77. The molecule has 2 aliphatic carbocycles. The summed E-state index contributed by atoms with van der Waals surface area (Å²) < 4.78 is 0. The SMILES string of the molecule is CC(=O)C1=CCC2C=CCC2C1. The van der Waals surface area contributed by atoms with Crippen molar-refractivity contribution in [1.29, 1.82) is 0 Å². The van der Waals surface area contributed by atoms with E-state index in [0.29, 0.717) is 0 Å². The molecule has 64 valence electrons. The van der Waals surface area contributed by atoms with Gasteiger partial charge in [-0.1, -0.05) is 18.2 Å². The number of Topliss-reactive ketones (excluding diaryl/α,β-unsaturated/α-hetero) is 1. The fraction of sp³-hybridized carbons (Fsp3) is 0.545. The van der Waals surface area contributed by atoms with Crippen molar-refractivity contribution in [2.75, 3.05) is 0 Å². The van der Waals surface area contributed by atoms with E-state index in [9.17, 15) is 4.79 Å². The molecule has 1 heteroatoms. The maximum atomic E-state index is 11.1. The van der Waals surface area contributed by atoms with Gasteiger partial charge in [-0.2, -0.15) is 0 Å². The van der Waals surface area contributed by atoms with Gasteiger partial charge in [-0.05, 0) is 43.6 Å². The van der Waals surface area contributed by atoms with E-state index >= 15 is 0 Å². The molecule has 2 rings (SSSR count). The number of hydrogen-bond acceptors (Lipinski definition) is 1. The van der Waals surface area contributed by atoms with Gasteiger partial charge >= 0.3 is 0 Å². The first kappa shape index (κ1) is 7.78. The van der Waals surface area contributed by atoms with Crippen molar-refractivity contribution in [2.45, 2.75) is 26.2 Å². The zero-order chi connectivity index (χ0) is 8.55. The van der Waals surface area contributed by atoms with Crippen LogP contribution >= 0.6 is 0 Å². The van der Waals surface area contributed by atoms with Gasteiger partial charge in [0.25, 0.3) is 0 Å². The molecule has 2 atom stereocenters. The van der Waals surface area contributed by atoms with Crippen LogP contribution in [0.25, 0.3) is 0 Å². The van der Waals surface area contributed by atoms with Crippen molar-refractivity contribution in [2.24, 2.45) is 11.8 Å². The molecule has 2 unspecified atom stereocenters. The van der Waals surface area contributed by atoms with Gasteiger partial charge in [0.2, 0.25) is 0 Å². The Hall–Kier alpha value is -0.850. The number of ketones is 1. The van der Waals surface area contributed by atoms with Crippen molar-refractivity contribution >= 4 is 5.78 Å². The number of allylic oxidation sites excluding steroid dienone is 4. The molecule has 0 radical (unpaired) electrons. The zero-order valence-corrected chi connectivity index (χ0v) is 7.42. The van der Waals surface area contributed by atoms with Crippen LogP contribution in [0.2, 0.25) is 0 Å². The predicted octanol–water partition coefficient (Wildman–Crippen LogP) is 2.49. The van der Waals surface area contributed by atoms with Crippen molar-refractivity contribution in [3.8, 4) is 0 Å². The van der Waals surface area contributed by atoms with E-state index in [4.69, 9.17) is 0 Å². The molecular weight excluding hydrogens is 148 g/mol. The molecule has 0 fully saturated rings. The normalized spacial score (nSPS) is 32.9.